The number of aryl methyl sites for hydroxylation is 1. The maximum Gasteiger partial charge on any atom is 0.273 e. The van der Waals surface area contributed by atoms with Crippen molar-refractivity contribution in [2.24, 2.45) is 0 Å². The van der Waals surface area contributed by atoms with E-state index in [4.69, 9.17) is 0 Å². The number of H-pyrrole nitrogens is 1. The van der Waals surface area contributed by atoms with Gasteiger partial charge in [0.25, 0.3) is 5.56 Å². The third-order valence-corrected chi connectivity index (χ3v) is 3.07. The van der Waals surface area contributed by atoms with Crippen molar-refractivity contribution in [3.05, 3.63) is 76.6 Å². The van der Waals surface area contributed by atoms with Crippen LogP contribution in [-0.4, -0.2) is 9.78 Å². The Hall–Kier alpha value is -2.75. The molecule has 4 nitrogen and oxygen atoms in total. The predicted octanol–water partition coefficient (Wildman–Crippen LogP) is 3.22. The molecule has 0 spiro atoms. The molecule has 4 heteroatoms. The van der Waals surface area contributed by atoms with Crippen molar-refractivity contribution in [2.75, 3.05) is 5.32 Å². The molecule has 20 heavy (non-hydrogen) atoms. The van der Waals surface area contributed by atoms with Crippen LogP contribution in [0, 0.1) is 6.92 Å². The average molecular weight is 265 g/mol. The van der Waals surface area contributed by atoms with Crippen LogP contribution in [0.5, 0.6) is 0 Å². The van der Waals surface area contributed by atoms with E-state index in [-0.39, 0.29) is 5.56 Å². The third kappa shape index (κ3) is 2.49. The summed E-state index contributed by atoms with van der Waals surface area (Å²) >= 11 is 0. The lowest BCUT2D eigenvalue weighted by Crippen LogP contribution is -2.13. The molecule has 3 rings (SSSR count). The van der Waals surface area contributed by atoms with Crippen LogP contribution in [-0.2, 0) is 0 Å². The normalized spacial score (nSPS) is 10.4. The molecule has 0 fully saturated rings. The molecule has 100 valence electrons. The summed E-state index contributed by atoms with van der Waals surface area (Å²) in [5, 5.41) is 6.23. The Labute approximate surface area is 116 Å². The number of rotatable bonds is 3. The first-order valence-electron chi connectivity index (χ1n) is 6.43. The van der Waals surface area contributed by atoms with Crippen molar-refractivity contribution in [3.8, 4) is 5.69 Å². The number of nitrogens with zero attached hydrogens (tertiary/aromatic N) is 1. The lowest BCUT2D eigenvalue weighted by molar-refractivity contribution is 0.852. The minimum atomic E-state index is -0.0905. The number of benzene rings is 2. The second-order valence-electron chi connectivity index (χ2n) is 4.67. The largest absolute Gasteiger partial charge is 0.341 e. The Bertz CT molecular complexity index is 754. The Kier molecular flexibility index (Phi) is 3.13. The molecule has 1 aromatic heterocycles. The van der Waals surface area contributed by atoms with Gasteiger partial charge in [0.1, 0.15) is 5.82 Å². The van der Waals surface area contributed by atoms with E-state index in [0.717, 1.165) is 16.9 Å². The molecule has 0 aliphatic carbocycles. The first kappa shape index (κ1) is 12.3. The minimum absolute atomic E-state index is 0.0905. The van der Waals surface area contributed by atoms with Crippen LogP contribution in [0.4, 0.5) is 11.5 Å². The molecule has 2 N–H and O–H groups in total. The fraction of sp³-hybridized carbons (Fsp3) is 0.0625. The minimum Gasteiger partial charge on any atom is -0.341 e. The summed E-state index contributed by atoms with van der Waals surface area (Å²) in [6.45, 7) is 2.02. The van der Waals surface area contributed by atoms with E-state index < -0.39 is 0 Å². The van der Waals surface area contributed by atoms with Crippen LogP contribution in [0.15, 0.2) is 65.5 Å². The van der Waals surface area contributed by atoms with Gasteiger partial charge in [-0.2, -0.15) is 0 Å². The van der Waals surface area contributed by atoms with Crippen molar-refractivity contribution < 1.29 is 0 Å². The van der Waals surface area contributed by atoms with E-state index >= 15 is 0 Å². The SMILES string of the molecule is Cc1ccc(-n2[nH]c(Nc3ccccc3)cc2=O)cc1. The number of hydrogen-bond donors (Lipinski definition) is 2. The second-order valence-corrected chi connectivity index (χ2v) is 4.67. The topological polar surface area (TPSA) is 49.8 Å². The van der Waals surface area contributed by atoms with E-state index in [1.165, 1.54) is 4.68 Å². The van der Waals surface area contributed by atoms with Gasteiger partial charge in [-0.1, -0.05) is 35.9 Å². The molecule has 0 aliphatic rings. The number of para-hydroxylation sites is 1. The van der Waals surface area contributed by atoms with Crippen molar-refractivity contribution in [2.45, 2.75) is 6.92 Å². The molecule has 2 aromatic carbocycles. The molecular formula is C16H15N3O. The standard InChI is InChI=1S/C16H15N3O/c1-12-7-9-14(10-8-12)19-16(20)11-15(18-19)17-13-5-3-2-4-6-13/h2-11,17-18H,1H3. The predicted molar refractivity (Wildman–Crippen MR) is 80.9 cm³/mol. The Morgan fingerprint density at radius 1 is 1.00 bits per heavy atom. The zero-order valence-corrected chi connectivity index (χ0v) is 11.1. The van der Waals surface area contributed by atoms with Crippen LogP contribution in [0.25, 0.3) is 5.69 Å². The summed E-state index contributed by atoms with van der Waals surface area (Å²) < 4.78 is 1.52. The summed E-state index contributed by atoms with van der Waals surface area (Å²) in [6.07, 6.45) is 0. The molecular weight excluding hydrogens is 250 g/mol. The van der Waals surface area contributed by atoms with Gasteiger partial charge in [-0.3, -0.25) is 9.89 Å². The molecule has 3 aromatic rings. The van der Waals surface area contributed by atoms with Crippen LogP contribution < -0.4 is 10.9 Å². The smallest absolute Gasteiger partial charge is 0.273 e. The van der Waals surface area contributed by atoms with Crippen LogP contribution in [0.3, 0.4) is 0 Å². The highest BCUT2D eigenvalue weighted by Gasteiger charge is 2.04. The quantitative estimate of drug-likeness (QED) is 0.764. The second kappa shape index (κ2) is 5.09. The van der Waals surface area contributed by atoms with Crippen molar-refractivity contribution in [3.63, 3.8) is 0 Å². The molecule has 0 atom stereocenters. The highest BCUT2D eigenvalue weighted by atomic mass is 16.1. The Morgan fingerprint density at radius 3 is 2.40 bits per heavy atom. The molecule has 0 bridgehead atoms. The van der Waals surface area contributed by atoms with E-state index in [9.17, 15) is 4.79 Å². The lowest BCUT2D eigenvalue weighted by Gasteiger charge is -2.04. The number of nitrogens with one attached hydrogen (secondary N) is 2. The molecule has 0 radical (unpaired) electrons. The Balaban J connectivity index is 1.91. The number of hydrogen-bond acceptors (Lipinski definition) is 2. The third-order valence-electron chi connectivity index (χ3n) is 3.07. The number of anilines is 2. The summed E-state index contributed by atoms with van der Waals surface area (Å²) in [7, 11) is 0. The first-order valence-corrected chi connectivity index (χ1v) is 6.43. The van der Waals surface area contributed by atoms with Gasteiger partial charge in [-0.05, 0) is 31.2 Å². The van der Waals surface area contributed by atoms with Gasteiger partial charge >= 0.3 is 0 Å². The number of aromatic nitrogens is 2. The van der Waals surface area contributed by atoms with Gasteiger partial charge in [-0.25, -0.2) is 4.68 Å². The maximum absolute atomic E-state index is 12.0. The summed E-state index contributed by atoms with van der Waals surface area (Å²) in [5.74, 6) is 0.668. The maximum atomic E-state index is 12.0. The fourth-order valence-corrected chi connectivity index (χ4v) is 2.02. The van der Waals surface area contributed by atoms with Crippen LogP contribution in [0.1, 0.15) is 5.56 Å². The summed E-state index contributed by atoms with van der Waals surface area (Å²) in [5.41, 5.74) is 2.83. The Morgan fingerprint density at radius 2 is 1.70 bits per heavy atom. The number of aromatic amines is 1. The summed E-state index contributed by atoms with van der Waals surface area (Å²) in [4.78, 5) is 12.0. The van der Waals surface area contributed by atoms with Crippen molar-refractivity contribution in [1.29, 1.82) is 0 Å². The molecule has 0 saturated heterocycles. The monoisotopic (exact) mass is 265 g/mol. The van der Waals surface area contributed by atoms with E-state index in [1.807, 2.05) is 61.5 Å². The average Bonchev–Trinajstić information content (AvgIpc) is 2.81. The van der Waals surface area contributed by atoms with E-state index in [1.54, 1.807) is 6.07 Å². The molecule has 0 aliphatic heterocycles. The molecule has 0 saturated carbocycles. The highest BCUT2D eigenvalue weighted by molar-refractivity contribution is 5.55. The van der Waals surface area contributed by atoms with E-state index in [2.05, 4.69) is 10.4 Å². The van der Waals surface area contributed by atoms with Gasteiger partial charge in [0.2, 0.25) is 0 Å². The molecule has 1 heterocycles. The highest BCUT2D eigenvalue weighted by Crippen LogP contribution is 2.13. The van der Waals surface area contributed by atoms with E-state index in [0.29, 0.717) is 5.82 Å². The van der Waals surface area contributed by atoms with Gasteiger partial charge in [0.05, 0.1) is 5.69 Å². The van der Waals surface area contributed by atoms with Gasteiger partial charge < -0.3 is 5.32 Å². The van der Waals surface area contributed by atoms with Gasteiger partial charge in [0, 0.05) is 11.8 Å². The summed E-state index contributed by atoms with van der Waals surface area (Å²) in [6, 6.07) is 19.1. The zero-order chi connectivity index (χ0) is 13.9. The van der Waals surface area contributed by atoms with Crippen molar-refractivity contribution >= 4 is 11.5 Å². The zero-order valence-electron chi connectivity index (χ0n) is 11.1. The fourth-order valence-electron chi connectivity index (χ4n) is 2.02. The van der Waals surface area contributed by atoms with Crippen LogP contribution in [0.2, 0.25) is 0 Å². The molecule has 0 unspecified atom stereocenters. The van der Waals surface area contributed by atoms with Crippen molar-refractivity contribution in [1.82, 2.24) is 9.78 Å². The first-order chi connectivity index (χ1) is 9.72. The van der Waals surface area contributed by atoms with Crippen LogP contribution >= 0.6 is 0 Å². The van der Waals surface area contributed by atoms with Gasteiger partial charge in [0.15, 0.2) is 0 Å². The van der Waals surface area contributed by atoms with Gasteiger partial charge in [-0.15, -0.1) is 0 Å². The molecule has 0 amide bonds. The lowest BCUT2D eigenvalue weighted by atomic mass is 10.2.